The minimum Gasteiger partial charge on any atom is -0.203 e. The highest BCUT2D eigenvalue weighted by atomic mass is 19.2. The van der Waals surface area contributed by atoms with Gasteiger partial charge in [0.2, 0.25) is 0 Å². The fourth-order valence-electron chi connectivity index (χ4n) is 5.60. The summed E-state index contributed by atoms with van der Waals surface area (Å²) in [7, 11) is 0. The van der Waals surface area contributed by atoms with Gasteiger partial charge < -0.3 is 0 Å². The van der Waals surface area contributed by atoms with E-state index in [0.717, 1.165) is 36.5 Å². The SMILES string of the molecule is Cc1ccc(C2CCC(C3CCC(CC4CC4)CC3)CC2)c(F)c1F. The third-order valence-electron chi connectivity index (χ3n) is 7.44. The maximum absolute atomic E-state index is 14.3. The number of halogens is 2. The van der Waals surface area contributed by atoms with Gasteiger partial charge in [0.25, 0.3) is 0 Å². The van der Waals surface area contributed by atoms with E-state index in [1.165, 1.54) is 57.8 Å². The molecule has 0 atom stereocenters. The first-order chi connectivity index (χ1) is 12.1. The van der Waals surface area contributed by atoms with Crippen molar-refractivity contribution in [1.82, 2.24) is 0 Å². The Balaban J connectivity index is 1.29. The molecule has 0 heterocycles. The van der Waals surface area contributed by atoms with Crippen molar-refractivity contribution in [2.45, 2.75) is 83.5 Å². The van der Waals surface area contributed by atoms with E-state index in [9.17, 15) is 8.78 Å². The van der Waals surface area contributed by atoms with Gasteiger partial charge in [0.1, 0.15) is 0 Å². The first-order valence-corrected chi connectivity index (χ1v) is 10.6. The lowest BCUT2D eigenvalue weighted by Gasteiger charge is -2.38. The van der Waals surface area contributed by atoms with Crippen molar-refractivity contribution >= 4 is 0 Å². The van der Waals surface area contributed by atoms with Crippen LogP contribution in [0.4, 0.5) is 8.78 Å². The summed E-state index contributed by atoms with van der Waals surface area (Å²) in [6.45, 7) is 1.64. The normalized spacial score (nSPS) is 33.4. The molecule has 0 amide bonds. The molecule has 3 aliphatic rings. The van der Waals surface area contributed by atoms with Gasteiger partial charge in [-0.3, -0.25) is 0 Å². The molecule has 138 valence electrons. The molecule has 4 rings (SSSR count). The molecule has 3 aliphatic carbocycles. The zero-order valence-corrected chi connectivity index (χ0v) is 15.6. The van der Waals surface area contributed by atoms with Gasteiger partial charge in [-0.25, -0.2) is 8.78 Å². The van der Waals surface area contributed by atoms with Crippen molar-refractivity contribution in [1.29, 1.82) is 0 Å². The van der Waals surface area contributed by atoms with E-state index in [0.29, 0.717) is 11.1 Å². The summed E-state index contributed by atoms with van der Waals surface area (Å²) in [5.74, 6) is 2.79. The molecule has 0 bridgehead atoms. The van der Waals surface area contributed by atoms with Crippen LogP contribution in [0.15, 0.2) is 12.1 Å². The lowest BCUT2D eigenvalue weighted by Crippen LogP contribution is -2.25. The van der Waals surface area contributed by atoms with Gasteiger partial charge in [-0.05, 0) is 92.6 Å². The molecular formula is C23H32F2. The van der Waals surface area contributed by atoms with Crippen molar-refractivity contribution in [2.24, 2.45) is 23.7 Å². The molecule has 0 aliphatic heterocycles. The van der Waals surface area contributed by atoms with Crippen LogP contribution in [0.1, 0.15) is 87.7 Å². The molecule has 3 fully saturated rings. The molecule has 25 heavy (non-hydrogen) atoms. The predicted octanol–water partition coefficient (Wildman–Crippen LogP) is 7.15. The zero-order valence-electron chi connectivity index (χ0n) is 15.6. The molecular weight excluding hydrogens is 314 g/mol. The molecule has 0 nitrogen and oxygen atoms in total. The van der Waals surface area contributed by atoms with E-state index in [1.54, 1.807) is 13.0 Å². The van der Waals surface area contributed by atoms with Gasteiger partial charge in [0.15, 0.2) is 11.6 Å². The van der Waals surface area contributed by atoms with Crippen molar-refractivity contribution in [3.63, 3.8) is 0 Å². The van der Waals surface area contributed by atoms with Gasteiger partial charge in [-0.15, -0.1) is 0 Å². The average Bonchev–Trinajstić information content (AvgIpc) is 3.45. The maximum Gasteiger partial charge on any atom is 0.162 e. The van der Waals surface area contributed by atoms with Crippen molar-refractivity contribution < 1.29 is 8.78 Å². The van der Waals surface area contributed by atoms with Gasteiger partial charge >= 0.3 is 0 Å². The number of hydrogen-bond donors (Lipinski definition) is 0. The van der Waals surface area contributed by atoms with Crippen molar-refractivity contribution in [3.05, 3.63) is 34.9 Å². The second kappa shape index (κ2) is 7.37. The fourth-order valence-corrected chi connectivity index (χ4v) is 5.60. The highest BCUT2D eigenvalue weighted by Gasteiger charge is 2.34. The molecule has 0 unspecified atom stereocenters. The topological polar surface area (TPSA) is 0 Å². The summed E-state index contributed by atoms with van der Waals surface area (Å²) >= 11 is 0. The minimum atomic E-state index is -0.645. The smallest absolute Gasteiger partial charge is 0.162 e. The molecule has 1 aromatic rings. The Labute approximate surface area is 151 Å². The lowest BCUT2D eigenvalue weighted by atomic mass is 9.68. The molecule has 1 aromatic carbocycles. The summed E-state index contributed by atoms with van der Waals surface area (Å²) in [5, 5.41) is 0. The van der Waals surface area contributed by atoms with E-state index in [4.69, 9.17) is 0 Å². The first-order valence-electron chi connectivity index (χ1n) is 10.6. The average molecular weight is 347 g/mol. The standard InChI is InChI=1S/C23H32F2/c1-15-2-13-21(23(25)22(15)24)20-11-9-19(10-12-20)18-7-5-17(6-8-18)14-16-3-4-16/h2,13,16-20H,3-12,14H2,1H3. The molecule has 3 saturated carbocycles. The van der Waals surface area contributed by atoms with Gasteiger partial charge in [-0.1, -0.05) is 37.8 Å². The molecule has 0 radical (unpaired) electrons. The lowest BCUT2D eigenvalue weighted by molar-refractivity contribution is 0.154. The summed E-state index contributed by atoms with van der Waals surface area (Å²) < 4.78 is 28.1. The Morgan fingerprint density at radius 3 is 1.80 bits per heavy atom. The van der Waals surface area contributed by atoms with Gasteiger partial charge in [0, 0.05) is 0 Å². The van der Waals surface area contributed by atoms with Crippen LogP contribution in [-0.4, -0.2) is 0 Å². The highest BCUT2D eigenvalue weighted by Crippen LogP contribution is 2.46. The number of benzene rings is 1. The van der Waals surface area contributed by atoms with Crippen molar-refractivity contribution in [2.75, 3.05) is 0 Å². The molecule has 2 heteroatoms. The monoisotopic (exact) mass is 346 g/mol. The van der Waals surface area contributed by atoms with Crippen LogP contribution < -0.4 is 0 Å². The number of rotatable bonds is 4. The molecule has 0 saturated heterocycles. The van der Waals surface area contributed by atoms with E-state index >= 15 is 0 Å². The third kappa shape index (κ3) is 3.93. The van der Waals surface area contributed by atoms with Gasteiger partial charge in [-0.2, -0.15) is 0 Å². The molecule has 0 N–H and O–H groups in total. The van der Waals surface area contributed by atoms with Gasteiger partial charge in [0.05, 0.1) is 0 Å². The highest BCUT2D eigenvalue weighted by molar-refractivity contribution is 5.28. The van der Waals surface area contributed by atoms with E-state index in [2.05, 4.69) is 0 Å². The fraction of sp³-hybridized carbons (Fsp3) is 0.739. The van der Waals surface area contributed by atoms with E-state index in [-0.39, 0.29) is 5.92 Å². The number of hydrogen-bond acceptors (Lipinski definition) is 0. The maximum atomic E-state index is 14.3. The summed E-state index contributed by atoms with van der Waals surface area (Å²) in [6, 6.07) is 3.56. The summed E-state index contributed by atoms with van der Waals surface area (Å²) in [5.41, 5.74) is 1.03. The first kappa shape index (κ1) is 17.5. The van der Waals surface area contributed by atoms with Crippen LogP contribution in [0.3, 0.4) is 0 Å². The van der Waals surface area contributed by atoms with E-state index in [1.807, 2.05) is 6.07 Å². The van der Waals surface area contributed by atoms with Crippen LogP contribution in [0.25, 0.3) is 0 Å². The summed E-state index contributed by atoms with van der Waals surface area (Å²) in [4.78, 5) is 0. The second-order valence-corrected chi connectivity index (χ2v) is 9.17. The third-order valence-corrected chi connectivity index (χ3v) is 7.44. The van der Waals surface area contributed by atoms with Crippen molar-refractivity contribution in [3.8, 4) is 0 Å². The second-order valence-electron chi connectivity index (χ2n) is 9.17. The van der Waals surface area contributed by atoms with Crippen LogP contribution in [0.5, 0.6) is 0 Å². The van der Waals surface area contributed by atoms with Crippen LogP contribution in [0, 0.1) is 42.2 Å². The Kier molecular flexibility index (Phi) is 5.15. The Morgan fingerprint density at radius 2 is 1.24 bits per heavy atom. The summed E-state index contributed by atoms with van der Waals surface area (Å²) in [6.07, 6.45) is 14.7. The van der Waals surface area contributed by atoms with Crippen LogP contribution in [-0.2, 0) is 0 Å². The Morgan fingerprint density at radius 1 is 0.720 bits per heavy atom. The van der Waals surface area contributed by atoms with Crippen LogP contribution in [0.2, 0.25) is 0 Å². The van der Waals surface area contributed by atoms with Crippen LogP contribution >= 0.6 is 0 Å². The Bertz CT molecular complexity index is 588. The van der Waals surface area contributed by atoms with E-state index < -0.39 is 11.6 Å². The minimum absolute atomic E-state index is 0.220. The predicted molar refractivity (Wildman–Crippen MR) is 98.6 cm³/mol. The molecule has 0 spiro atoms. The largest absolute Gasteiger partial charge is 0.203 e. The molecule has 0 aromatic heterocycles. The zero-order chi connectivity index (χ0) is 17.4. The number of aryl methyl sites for hydroxylation is 1. The quantitative estimate of drug-likeness (QED) is 0.543. The Hall–Kier alpha value is -0.920.